The highest BCUT2D eigenvalue weighted by Gasteiger charge is 2.20. The molecule has 1 aromatic heterocycles. The average molecular weight is 434 g/mol. The lowest BCUT2D eigenvalue weighted by molar-refractivity contribution is 0.600. The van der Waals surface area contributed by atoms with Crippen LogP contribution >= 0.6 is 31.9 Å². The molecule has 1 aromatic carbocycles. The van der Waals surface area contributed by atoms with Gasteiger partial charge in [0.2, 0.25) is 0 Å². The Bertz CT molecular complexity index is 785. The number of nitrogens with one attached hydrogen (secondary N) is 1. The van der Waals surface area contributed by atoms with E-state index < -0.39 is 10.0 Å². The SMILES string of the molecule is Cc1cc(C)nc(NS(=O)(=O)c2cc(Br)c(C)cc2Br)c1. The Morgan fingerprint density at radius 3 is 2.29 bits per heavy atom. The predicted molar refractivity (Wildman–Crippen MR) is 91.1 cm³/mol. The second kappa shape index (κ2) is 6.06. The van der Waals surface area contributed by atoms with Gasteiger partial charge in [0.05, 0.1) is 0 Å². The Kier molecular flexibility index (Phi) is 4.75. The molecule has 1 N–H and O–H groups in total. The summed E-state index contributed by atoms with van der Waals surface area (Å²) in [7, 11) is -3.71. The van der Waals surface area contributed by atoms with E-state index in [1.54, 1.807) is 18.2 Å². The summed E-state index contributed by atoms with van der Waals surface area (Å²) in [6.45, 7) is 5.61. The first-order valence-corrected chi connectivity index (χ1v) is 9.20. The minimum Gasteiger partial charge on any atom is -0.263 e. The van der Waals surface area contributed by atoms with E-state index in [2.05, 4.69) is 41.6 Å². The lowest BCUT2D eigenvalue weighted by Gasteiger charge is -2.11. The molecule has 21 heavy (non-hydrogen) atoms. The maximum absolute atomic E-state index is 12.5. The van der Waals surface area contributed by atoms with Crippen molar-refractivity contribution in [3.05, 3.63) is 50.0 Å². The van der Waals surface area contributed by atoms with Crippen molar-refractivity contribution in [1.29, 1.82) is 0 Å². The number of aromatic nitrogens is 1. The summed E-state index contributed by atoms with van der Waals surface area (Å²) in [5.74, 6) is 0.316. The van der Waals surface area contributed by atoms with Crippen LogP contribution in [0.2, 0.25) is 0 Å². The summed E-state index contributed by atoms with van der Waals surface area (Å²) in [5, 5.41) is 0. The van der Waals surface area contributed by atoms with Gasteiger partial charge >= 0.3 is 0 Å². The topological polar surface area (TPSA) is 59.1 Å². The third-order valence-corrected chi connectivity index (χ3v) is 6.01. The van der Waals surface area contributed by atoms with E-state index in [1.807, 2.05) is 26.8 Å². The van der Waals surface area contributed by atoms with Gasteiger partial charge in [-0.2, -0.15) is 0 Å². The highest BCUT2D eigenvalue weighted by Crippen LogP contribution is 2.30. The number of nitrogens with zero attached hydrogens (tertiary/aromatic N) is 1. The predicted octanol–water partition coefficient (Wildman–Crippen LogP) is 4.33. The standard InChI is InChI=1S/C14H14Br2N2O2S/c1-8-4-10(3)17-14(5-8)18-21(19,20)13-7-11(15)9(2)6-12(13)16/h4-7H,1-3H3,(H,17,18). The third-order valence-electron chi connectivity index (χ3n) is 2.84. The fraction of sp³-hybridized carbons (Fsp3) is 0.214. The maximum Gasteiger partial charge on any atom is 0.264 e. The van der Waals surface area contributed by atoms with Crippen LogP contribution in [-0.4, -0.2) is 13.4 Å². The molecule has 0 saturated heterocycles. The largest absolute Gasteiger partial charge is 0.264 e. The van der Waals surface area contributed by atoms with Crippen molar-refractivity contribution in [2.75, 3.05) is 4.72 Å². The number of anilines is 1. The molecule has 0 aliphatic carbocycles. The van der Waals surface area contributed by atoms with Crippen LogP contribution in [0.1, 0.15) is 16.8 Å². The number of aryl methyl sites for hydroxylation is 3. The molecule has 2 aromatic rings. The molecule has 2 rings (SSSR count). The van der Waals surface area contributed by atoms with Crippen LogP contribution in [-0.2, 0) is 10.0 Å². The van der Waals surface area contributed by atoms with Crippen LogP contribution in [0.25, 0.3) is 0 Å². The second-order valence-corrected chi connectivity index (χ2v) is 8.17. The van der Waals surface area contributed by atoms with Crippen LogP contribution in [0.15, 0.2) is 38.1 Å². The van der Waals surface area contributed by atoms with Gasteiger partial charge in [-0.15, -0.1) is 0 Å². The van der Waals surface area contributed by atoms with E-state index in [1.165, 1.54) is 0 Å². The van der Waals surface area contributed by atoms with E-state index in [0.717, 1.165) is 21.3 Å². The van der Waals surface area contributed by atoms with Crippen molar-refractivity contribution in [1.82, 2.24) is 4.98 Å². The van der Waals surface area contributed by atoms with Gasteiger partial charge in [-0.3, -0.25) is 4.72 Å². The molecule has 0 radical (unpaired) electrons. The minimum atomic E-state index is -3.71. The van der Waals surface area contributed by atoms with E-state index in [0.29, 0.717) is 10.3 Å². The molecule has 0 aliphatic rings. The monoisotopic (exact) mass is 432 g/mol. The molecule has 1 heterocycles. The Morgan fingerprint density at radius 1 is 1.00 bits per heavy atom. The number of rotatable bonds is 3. The van der Waals surface area contributed by atoms with Crippen molar-refractivity contribution in [3.8, 4) is 0 Å². The van der Waals surface area contributed by atoms with Crippen molar-refractivity contribution in [3.63, 3.8) is 0 Å². The van der Waals surface area contributed by atoms with Gasteiger partial charge in [-0.1, -0.05) is 15.9 Å². The zero-order chi connectivity index (χ0) is 15.8. The third kappa shape index (κ3) is 3.84. The highest BCUT2D eigenvalue weighted by molar-refractivity contribution is 9.11. The van der Waals surface area contributed by atoms with E-state index in [4.69, 9.17) is 0 Å². The Labute approximate surface area is 141 Å². The summed E-state index contributed by atoms with van der Waals surface area (Å²) >= 11 is 6.65. The average Bonchev–Trinajstić information content (AvgIpc) is 2.31. The highest BCUT2D eigenvalue weighted by atomic mass is 79.9. The Hall–Kier alpha value is -0.920. The van der Waals surface area contributed by atoms with Crippen molar-refractivity contribution in [2.45, 2.75) is 25.7 Å². The zero-order valence-corrected chi connectivity index (χ0v) is 15.7. The Balaban J connectivity index is 2.45. The maximum atomic E-state index is 12.5. The molecule has 0 bridgehead atoms. The number of sulfonamides is 1. The van der Waals surface area contributed by atoms with Crippen LogP contribution in [0, 0.1) is 20.8 Å². The molecule has 0 spiro atoms. The summed E-state index contributed by atoms with van der Waals surface area (Å²) in [6, 6.07) is 6.91. The molecule has 0 saturated carbocycles. The molecule has 0 amide bonds. The summed E-state index contributed by atoms with van der Waals surface area (Å²) in [4.78, 5) is 4.36. The van der Waals surface area contributed by atoms with E-state index in [9.17, 15) is 8.42 Å². The molecule has 0 fully saturated rings. The second-order valence-electron chi connectivity index (χ2n) is 4.81. The number of benzene rings is 1. The quantitative estimate of drug-likeness (QED) is 0.783. The van der Waals surface area contributed by atoms with Gasteiger partial charge in [-0.25, -0.2) is 13.4 Å². The first-order chi connectivity index (χ1) is 9.69. The van der Waals surface area contributed by atoms with Crippen molar-refractivity contribution < 1.29 is 8.42 Å². The number of hydrogen-bond donors (Lipinski definition) is 1. The summed E-state index contributed by atoms with van der Waals surface area (Å²) in [5.41, 5.74) is 2.66. The van der Waals surface area contributed by atoms with Gasteiger partial charge in [0.15, 0.2) is 0 Å². The smallest absolute Gasteiger partial charge is 0.263 e. The van der Waals surface area contributed by atoms with Gasteiger partial charge in [0.1, 0.15) is 10.7 Å². The van der Waals surface area contributed by atoms with Crippen molar-refractivity contribution >= 4 is 47.7 Å². The molecular formula is C14H14Br2N2O2S. The first-order valence-electron chi connectivity index (χ1n) is 6.13. The molecule has 0 aliphatic heterocycles. The summed E-state index contributed by atoms with van der Waals surface area (Å²) < 4.78 is 28.8. The molecule has 4 nitrogen and oxygen atoms in total. The lowest BCUT2D eigenvalue weighted by atomic mass is 10.2. The fourth-order valence-electron chi connectivity index (χ4n) is 1.92. The lowest BCUT2D eigenvalue weighted by Crippen LogP contribution is -2.15. The van der Waals surface area contributed by atoms with Crippen LogP contribution in [0.3, 0.4) is 0 Å². The summed E-state index contributed by atoms with van der Waals surface area (Å²) in [6.07, 6.45) is 0. The zero-order valence-electron chi connectivity index (χ0n) is 11.7. The van der Waals surface area contributed by atoms with Crippen LogP contribution < -0.4 is 4.72 Å². The molecule has 0 unspecified atom stereocenters. The van der Waals surface area contributed by atoms with Crippen LogP contribution in [0.4, 0.5) is 5.82 Å². The van der Waals surface area contributed by atoms with Gasteiger partial charge in [0, 0.05) is 14.6 Å². The van der Waals surface area contributed by atoms with Crippen molar-refractivity contribution in [2.24, 2.45) is 0 Å². The van der Waals surface area contributed by atoms with Gasteiger partial charge in [-0.05, 0) is 72.1 Å². The first kappa shape index (κ1) is 16.5. The number of hydrogen-bond acceptors (Lipinski definition) is 3. The normalized spacial score (nSPS) is 11.5. The van der Waals surface area contributed by atoms with E-state index >= 15 is 0 Å². The fourth-order valence-corrected chi connectivity index (χ4v) is 4.59. The molecule has 112 valence electrons. The van der Waals surface area contributed by atoms with Gasteiger partial charge in [0.25, 0.3) is 10.0 Å². The minimum absolute atomic E-state index is 0.168. The number of pyridine rings is 1. The molecular weight excluding hydrogens is 420 g/mol. The van der Waals surface area contributed by atoms with E-state index in [-0.39, 0.29) is 4.90 Å². The van der Waals surface area contributed by atoms with Crippen LogP contribution in [0.5, 0.6) is 0 Å². The number of halogens is 2. The van der Waals surface area contributed by atoms with Gasteiger partial charge < -0.3 is 0 Å². The Morgan fingerprint density at radius 2 is 1.67 bits per heavy atom. The molecule has 0 atom stereocenters. The molecule has 7 heteroatoms.